The lowest BCUT2D eigenvalue weighted by atomic mass is 10.1. The molecule has 5 nitrogen and oxygen atoms in total. The van der Waals surface area contributed by atoms with Crippen molar-refractivity contribution >= 4 is 11.2 Å². The Kier molecular flexibility index (Phi) is 4.78. The summed E-state index contributed by atoms with van der Waals surface area (Å²) in [6.07, 6.45) is 1.65. The van der Waals surface area contributed by atoms with E-state index in [1.807, 2.05) is 20.8 Å². The van der Waals surface area contributed by atoms with E-state index in [0.29, 0.717) is 5.92 Å². The molecule has 0 radical (unpaired) electrons. The van der Waals surface area contributed by atoms with Crippen LogP contribution < -0.4 is 0 Å². The molecule has 18 heavy (non-hydrogen) atoms. The number of aryl methyl sites for hydroxylation is 1. The minimum atomic E-state index is 0.268. The highest BCUT2D eigenvalue weighted by atomic mass is 15.1. The van der Waals surface area contributed by atoms with Crippen molar-refractivity contribution in [3.05, 3.63) is 17.8 Å². The molecule has 0 amide bonds. The summed E-state index contributed by atoms with van der Waals surface area (Å²) in [6, 6.07) is 2.09. The van der Waals surface area contributed by atoms with Crippen LogP contribution in [0.4, 0.5) is 0 Å². The van der Waals surface area contributed by atoms with Crippen molar-refractivity contribution < 1.29 is 0 Å². The maximum atomic E-state index is 8.70. The van der Waals surface area contributed by atoms with Crippen molar-refractivity contribution in [2.24, 2.45) is 0 Å². The quantitative estimate of drug-likeness (QED) is 0.815. The first-order valence-corrected chi connectivity index (χ1v) is 6.19. The molecular weight excluding hydrogens is 226 g/mol. The second-order valence-electron chi connectivity index (χ2n) is 4.01. The predicted molar refractivity (Wildman–Crippen MR) is 71.1 cm³/mol. The molecular formula is C13H19N5. The van der Waals surface area contributed by atoms with E-state index in [4.69, 9.17) is 5.26 Å². The van der Waals surface area contributed by atoms with Crippen LogP contribution in [0.25, 0.3) is 11.2 Å². The Morgan fingerprint density at radius 1 is 1.33 bits per heavy atom. The summed E-state index contributed by atoms with van der Waals surface area (Å²) in [5.74, 6) is 1.02. The zero-order chi connectivity index (χ0) is 13.7. The summed E-state index contributed by atoms with van der Waals surface area (Å²) >= 11 is 0. The minimum Gasteiger partial charge on any atom is -0.301 e. The topological polar surface area (TPSA) is 67.4 Å². The third-order valence-electron chi connectivity index (χ3n) is 2.39. The normalized spacial score (nSPS) is 10.1. The first-order chi connectivity index (χ1) is 8.63. The van der Waals surface area contributed by atoms with Crippen molar-refractivity contribution in [3.8, 4) is 6.07 Å². The van der Waals surface area contributed by atoms with Gasteiger partial charge in [-0.15, -0.1) is 0 Å². The van der Waals surface area contributed by atoms with E-state index < -0.39 is 0 Å². The van der Waals surface area contributed by atoms with Crippen molar-refractivity contribution in [2.75, 3.05) is 0 Å². The monoisotopic (exact) mass is 245 g/mol. The fraction of sp³-hybridized carbons (Fsp3) is 0.538. The average molecular weight is 245 g/mol. The molecule has 0 fully saturated rings. The van der Waals surface area contributed by atoms with Gasteiger partial charge in [0.1, 0.15) is 17.9 Å². The molecule has 2 aromatic heterocycles. The molecule has 0 aliphatic carbocycles. The first kappa shape index (κ1) is 14.1. The number of aromatic nitrogens is 4. The first-order valence-electron chi connectivity index (χ1n) is 6.19. The molecule has 0 aliphatic heterocycles. The van der Waals surface area contributed by atoms with Gasteiger partial charge >= 0.3 is 0 Å². The zero-order valence-electron chi connectivity index (χ0n) is 11.6. The zero-order valence-corrected chi connectivity index (χ0v) is 11.6. The highest BCUT2D eigenvalue weighted by molar-refractivity contribution is 5.74. The molecule has 96 valence electrons. The van der Waals surface area contributed by atoms with Crippen LogP contribution in [0.2, 0.25) is 0 Å². The number of imidazole rings is 1. The van der Waals surface area contributed by atoms with Crippen molar-refractivity contribution in [1.82, 2.24) is 19.5 Å². The number of nitrogens with zero attached hydrogens (tertiary/aromatic N) is 5. The van der Waals surface area contributed by atoms with Gasteiger partial charge in [-0.25, -0.2) is 15.0 Å². The Labute approximate surface area is 108 Å². The number of hydrogen-bond donors (Lipinski definition) is 0. The molecule has 0 atom stereocenters. The molecule has 0 unspecified atom stereocenters. The van der Waals surface area contributed by atoms with Gasteiger partial charge < -0.3 is 4.57 Å². The molecule has 0 spiro atoms. The Hall–Kier alpha value is -1.96. The van der Waals surface area contributed by atoms with Gasteiger partial charge in [-0.05, 0) is 12.8 Å². The van der Waals surface area contributed by atoms with Gasteiger partial charge in [0.2, 0.25) is 0 Å². The second-order valence-corrected chi connectivity index (χ2v) is 4.01. The van der Waals surface area contributed by atoms with E-state index in [1.54, 1.807) is 10.9 Å². The van der Waals surface area contributed by atoms with Crippen LogP contribution in [0.15, 0.2) is 6.33 Å². The van der Waals surface area contributed by atoms with E-state index >= 15 is 0 Å². The van der Waals surface area contributed by atoms with Gasteiger partial charge in [0.15, 0.2) is 5.65 Å². The Balaban J connectivity index is 0.000000771. The highest BCUT2D eigenvalue weighted by Gasteiger charge is 2.13. The lowest BCUT2D eigenvalue weighted by molar-refractivity contribution is 0.806. The van der Waals surface area contributed by atoms with Crippen LogP contribution in [-0.4, -0.2) is 19.5 Å². The van der Waals surface area contributed by atoms with Gasteiger partial charge in [0, 0.05) is 0 Å². The van der Waals surface area contributed by atoms with E-state index in [-0.39, 0.29) is 6.54 Å². The van der Waals surface area contributed by atoms with Crippen LogP contribution in [-0.2, 0) is 6.54 Å². The summed E-state index contributed by atoms with van der Waals surface area (Å²) in [4.78, 5) is 13.0. The van der Waals surface area contributed by atoms with E-state index in [9.17, 15) is 0 Å². The van der Waals surface area contributed by atoms with E-state index in [1.165, 1.54) is 0 Å². The minimum absolute atomic E-state index is 0.268. The SMILES string of the molecule is CC.Cc1nc(C(C)C)c2ncn(CC#N)c2n1. The molecule has 5 heteroatoms. The number of rotatable bonds is 2. The third-order valence-corrected chi connectivity index (χ3v) is 2.39. The number of fused-ring (bicyclic) bond motifs is 1. The molecule has 0 saturated heterocycles. The fourth-order valence-corrected chi connectivity index (χ4v) is 1.67. The molecule has 2 aromatic rings. The molecule has 0 N–H and O–H groups in total. The summed E-state index contributed by atoms with van der Waals surface area (Å²) in [5, 5.41) is 8.70. The van der Waals surface area contributed by atoms with Crippen LogP contribution in [0.1, 0.15) is 45.1 Å². The third kappa shape index (κ3) is 2.65. The maximum Gasteiger partial charge on any atom is 0.164 e. The van der Waals surface area contributed by atoms with Gasteiger partial charge in [-0.1, -0.05) is 27.7 Å². The highest BCUT2D eigenvalue weighted by Crippen LogP contribution is 2.21. The van der Waals surface area contributed by atoms with Crippen molar-refractivity contribution in [2.45, 2.75) is 47.1 Å². The maximum absolute atomic E-state index is 8.70. The van der Waals surface area contributed by atoms with Gasteiger partial charge in [0.25, 0.3) is 0 Å². The smallest absolute Gasteiger partial charge is 0.164 e. The molecule has 0 bridgehead atoms. The molecule has 2 heterocycles. The summed E-state index contributed by atoms with van der Waals surface area (Å²) in [7, 11) is 0. The molecule has 2 rings (SSSR count). The molecule has 0 saturated carbocycles. The molecule has 0 aromatic carbocycles. The number of nitriles is 1. The second kappa shape index (κ2) is 6.10. The van der Waals surface area contributed by atoms with Crippen molar-refractivity contribution in [1.29, 1.82) is 5.26 Å². The predicted octanol–water partition coefficient (Wildman–Crippen LogP) is 2.81. The standard InChI is InChI=1S/C11H13N5.C2H6/c1-7(2)9-10-11(15-8(3)14-9)16(5-4-12)6-13-10;1-2/h6-7H,5H2,1-3H3;1-2H3. The fourth-order valence-electron chi connectivity index (χ4n) is 1.67. The van der Waals surface area contributed by atoms with Gasteiger partial charge in [0.05, 0.1) is 18.1 Å². The molecule has 0 aliphatic rings. The van der Waals surface area contributed by atoms with Crippen LogP contribution in [0.5, 0.6) is 0 Å². The summed E-state index contributed by atoms with van der Waals surface area (Å²) in [5.41, 5.74) is 2.49. The van der Waals surface area contributed by atoms with Gasteiger partial charge in [-0.2, -0.15) is 5.26 Å². The van der Waals surface area contributed by atoms with E-state index in [0.717, 1.165) is 22.7 Å². The Morgan fingerprint density at radius 3 is 2.56 bits per heavy atom. The lowest BCUT2D eigenvalue weighted by Gasteiger charge is -2.06. The summed E-state index contributed by atoms with van der Waals surface area (Å²) in [6.45, 7) is 10.3. The average Bonchev–Trinajstić information content (AvgIpc) is 2.74. The lowest BCUT2D eigenvalue weighted by Crippen LogP contribution is -2.02. The number of hydrogen-bond acceptors (Lipinski definition) is 4. The summed E-state index contributed by atoms with van der Waals surface area (Å²) < 4.78 is 1.75. The Bertz CT molecular complexity index is 563. The van der Waals surface area contributed by atoms with Crippen LogP contribution in [0, 0.1) is 18.3 Å². The van der Waals surface area contributed by atoms with Gasteiger partial charge in [-0.3, -0.25) is 0 Å². The largest absolute Gasteiger partial charge is 0.301 e. The Morgan fingerprint density at radius 2 is 2.00 bits per heavy atom. The van der Waals surface area contributed by atoms with Crippen molar-refractivity contribution in [3.63, 3.8) is 0 Å². The van der Waals surface area contributed by atoms with E-state index in [2.05, 4.69) is 34.9 Å². The van der Waals surface area contributed by atoms with Crippen LogP contribution in [0.3, 0.4) is 0 Å². The van der Waals surface area contributed by atoms with Crippen LogP contribution >= 0.6 is 0 Å².